The number of nitrogens with zero attached hydrogens (tertiary/aromatic N) is 4. The second-order valence-electron chi connectivity index (χ2n) is 7.74. The van der Waals surface area contributed by atoms with Gasteiger partial charge in [-0.2, -0.15) is 0 Å². The first kappa shape index (κ1) is 20.1. The molecule has 1 aromatic heterocycles. The minimum Gasteiger partial charge on any atom is -0.377 e. The monoisotopic (exact) mass is 398 g/mol. The summed E-state index contributed by atoms with van der Waals surface area (Å²) in [4.78, 5) is 13.5. The molecule has 1 aliphatic rings. The van der Waals surface area contributed by atoms with Gasteiger partial charge in [0.2, 0.25) is 0 Å². The van der Waals surface area contributed by atoms with E-state index in [1.54, 1.807) is 0 Å². The second kappa shape index (κ2) is 8.25. The summed E-state index contributed by atoms with van der Waals surface area (Å²) >= 11 is 0. The third kappa shape index (κ3) is 3.67. The van der Waals surface area contributed by atoms with Crippen LogP contribution in [-0.4, -0.2) is 22.8 Å². The summed E-state index contributed by atoms with van der Waals surface area (Å²) < 4.78 is 7.57. The van der Waals surface area contributed by atoms with Gasteiger partial charge in [0.05, 0.1) is 31.3 Å². The average Bonchev–Trinajstić information content (AvgIpc) is 2.77. The van der Waals surface area contributed by atoms with Crippen LogP contribution in [0.1, 0.15) is 41.9 Å². The van der Waals surface area contributed by atoms with Gasteiger partial charge in [-0.15, -0.1) is 0 Å². The van der Waals surface area contributed by atoms with Crippen LogP contribution in [0.2, 0.25) is 0 Å². The summed E-state index contributed by atoms with van der Waals surface area (Å²) in [6.45, 7) is 14.9. The highest BCUT2D eigenvalue weighted by Crippen LogP contribution is 2.28. The minimum absolute atomic E-state index is 0.0968. The van der Waals surface area contributed by atoms with Crippen LogP contribution in [0.4, 0.5) is 5.69 Å². The lowest BCUT2D eigenvalue weighted by Crippen LogP contribution is -2.18. The number of rotatable bonds is 3. The quantitative estimate of drug-likeness (QED) is 0.569. The first-order valence-corrected chi connectivity index (χ1v) is 10.2. The fourth-order valence-corrected chi connectivity index (χ4v) is 4.03. The van der Waals surface area contributed by atoms with Crippen molar-refractivity contribution in [1.29, 1.82) is 0 Å². The van der Waals surface area contributed by atoms with E-state index >= 15 is 0 Å². The number of ether oxygens (including phenoxy) is 1. The predicted molar refractivity (Wildman–Crippen MR) is 120 cm³/mol. The van der Waals surface area contributed by atoms with Crippen molar-refractivity contribution in [2.45, 2.75) is 33.2 Å². The fourth-order valence-electron chi connectivity index (χ4n) is 4.03. The standard InChI is InChI=1S/C25H26N4O/c1-16-21(7-6-8-23(16)26-4)17(2)27-25-22-15-20(19-11-13-30-14-12-19)9-10-24(22)29(5)18(3)28-25/h6-11,15,17H,12-14H2,1-3,5H3/t17-/m1/s1. The zero-order valence-electron chi connectivity index (χ0n) is 17.9. The zero-order chi connectivity index (χ0) is 21.3. The van der Waals surface area contributed by atoms with Gasteiger partial charge in [0.1, 0.15) is 5.82 Å². The Morgan fingerprint density at radius 1 is 1.23 bits per heavy atom. The van der Waals surface area contributed by atoms with Crippen LogP contribution >= 0.6 is 0 Å². The number of hydrogen-bond donors (Lipinski definition) is 0. The molecule has 0 spiro atoms. The molecule has 0 aliphatic carbocycles. The molecule has 0 saturated carbocycles. The lowest BCUT2D eigenvalue weighted by molar-refractivity contribution is 0.161. The van der Waals surface area contributed by atoms with Crippen molar-refractivity contribution >= 4 is 22.2 Å². The van der Waals surface area contributed by atoms with E-state index in [9.17, 15) is 0 Å². The molecule has 2 aromatic carbocycles. The van der Waals surface area contributed by atoms with E-state index in [-0.39, 0.29) is 6.04 Å². The Morgan fingerprint density at radius 3 is 2.80 bits per heavy atom. The molecule has 4 rings (SSSR count). The summed E-state index contributed by atoms with van der Waals surface area (Å²) in [5.74, 6) is 0.915. The summed E-state index contributed by atoms with van der Waals surface area (Å²) in [6.07, 6.45) is 3.08. The first-order valence-electron chi connectivity index (χ1n) is 10.2. The number of benzene rings is 2. The molecule has 3 aromatic rings. The largest absolute Gasteiger partial charge is 0.377 e. The molecule has 1 aliphatic heterocycles. The van der Waals surface area contributed by atoms with Crippen molar-refractivity contribution in [1.82, 2.24) is 9.55 Å². The van der Waals surface area contributed by atoms with Gasteiger partial charge in [0.25, 0.3) is 0 Å². The molecular weight excluding hydrogens is 372 g/mol. The summed E-state index contributed by atoms with van der Waals surface area (Å²) in [5.41, 5.74) is 7.09. The van der Waals surface area contributed by atoms with Gasteiger partial charge >= 0.3 is 0 Å². The van der Waals surface area contributed by atoms with Gasteiger partial charge in [-0.1, -0.05) is 30.3 Å². The van der Waals surface area contributed by atoms with Gasteiger partial charge in [0, 0.05) is 12.4 Å². The lowest BCUT2D eigenvalue weighted by atomic mass is 9.99. The Balaban J connectivity index is 1.90. The molecule has 0 saturated heterocycles. The molecule has 152 valence electrons. The molecule has 0 unspecified atom stereocenters. The predicted octanol–water partition coefficient (Wildman–Crippen LogP) is 5.21. The average molecular weight is 399 g/mol. The van der Waals surface area contributed by atoms with Gasteiger partial charge in [-0.3, -0.25) is 4.99 Å². The van der Waals surface area contributed by atoms with E-state index in [0.29, 0.717) is 12.3 Å². The maximum atomic E-state index is 7.39. The first-order chi connectivity index (χ1) is 14.5. The highest BCUT2D eigenvalue weighted by Gasteiger charge is 2.13. The molecule has 2 heterocycles. The Kier molecular flexibility index (Phi) is 5.52. The topological polar surface area (TPSA) is 43.8 Å². The highest BCUT2D eigenvalue weighted by atomic mass is 16.5. The van der Waals surface area contributed by atoms with Crippen LogP contribution in [0, 0.1) is 20.4 Å². The van der Waals surface area contributed by atoms with E-state index in [1.807, 2.05) is 33.0 Å². The third-order valence-electron chi connectivity index (χ3n) is 5.92. The molecule has 0 N–H and O–H groups in total. The van der Waals surface area contributed by atoms with E-state index in [0.717, 1.165) is 46.4 Å². The summed E-state index contributed by atoms with van der Waals surface area (Å²) in [6, 6.07) is 12.3. The van der Waals surface area contributed by atoms with Crippen LogP contribution in [0.5, 0.6) is 0 Å². The SMILES string of the molecule is [C-]#[N+]c1cccc([C@@H](C)N=c2nc(C)n(C)c3ccc(C4=CCOCC4)cc23)c1C. The number of aryl methyl sites for hydroxylation is 2. The Hall–Kier alpha value is -3.23. The second-order valence-corrected chi connectivity index (χ2v) is 7.74. The van der Waals surface area contributed by atoms with Crippen LogP contribution < -0.4 is 5.49 Å². The Morgan fingerprint density at radius 2 is 2.07 bits per heavy atom. The van der Waals surface area contributed by atoms with Crippen LogP contribution in [0.25, 0.3) is 21.3 Å². The van der Waals surface area contributed by atoms with Crippen LogP contribution in [-0.2, 0) is 11.8 Å². The van der Waals surface area contributed by atoms with Crippen molar-refractivity contribution < 1.29 is 4.74 Å². The smallest absolute Gasteiger partial charge is 0.190 e. The van der Waals surface area contributed by atoms with Gasteiger partial charge in [-0.25, -0.2) is 9.83 Å². The van der Waals surface area contributed by atoms with Crippen molar-refractivity contribution in [2.75, 3.05) is 13.2 Å². The number of fused-ring (bicyclic) bond motifs is 1. The summed E-state index contributed by atoms with van der Waals surface area (Å²) in [5, 5.41) is 1.04. The molecule has 1 atom stereocenters. The van der Waals surface area contributed by atoms with Crippen molar-refractivity contribution in [3.63, 3.8) is 0 Å². The molecule has 5 heteroatoms. The molecule has 0 fully saturated rings. The maximum Gasteiger partial charge on any atom is 0.190 e. The fraction of sp³-hybridized carbons (Fsp3) is 0.320. The van der Waals surface area contributed by atoms with E-state index < -0.39 is 0 Å². The molecule has 0 radical (unpaired) electrons. The minimum atomic E-state index is -0.0968. The molecule has 5 nitrogen and oxygen atoms in total. The van der Waals surface area contributed by atoms with E-state index in [4.69, 9.17) is 21.3 Å². The molecule has 0 bridgehead atoms. The summed E-state index contributed by atoms with van der Waals surface area (Å²) in [7, 11) is 2.04. The Labute approximate surface area is 177 Å². The number of hydrogen-bond acceptors (Lipinski definition) is 3. The molecule has 0 amide bonds. The third-order valence-corrected chi connectivity index (χ3v) is 5.92. The molecule has 30 heavy (non-hydrogen) atoms. The van der Waals surface area contributed by atoms with Crippen LogP contribution in [0.15, 0.2) is 47.5 Å². The van der Waals surface area contributed by atoms with Crippen LogP contribution in [0.3, 0.4) is 0 Å². The van der Waals surface area contributed by atoms with Gasteiger partial charge in [0.15, 0.2) is 11.2 Å². The Bertz CT molecular complexity index is 1260. The maximum absolute atomic E-state index is 7.39. The van der Waals surface area contributed by atoms with Gasteiger partial charge in [-0.05, 0) is 61.6 Å². The van der Waals surface area contributed by atoms with Crippen molar-refractivity contribution in [3.05, 3.63) is 81.9 Å². The normalized spacial score (nSPS) is 15.7. The van der Waals surface area contributed by atoms with E-state index in [2.05, 4.69) is 46.7 Å². The van der Waals surface area contributed by atoms with Crippen molar-refractivity contribution in [2.24, 2.45) is 12.0 Å². The van der Waals surface area contributed by atoms with E-state index in [1.165, 1.54) is 11.1 Å². The number of aromatic nitrogens is 2. The lowest BCUT2D eigenvalue weighted by Gasteiger charge is -2.16. The highest BCUT2D eigenvalue weighted by molar-refractivity contribution is 5.83. The van der Waals surface area contributed by atoms with Gasteiger partial charge < -0.3 is 9.30 Å². The van der Waals surface area contributed by atoms with Crippen molar-refractivity contribution in [3.8, 4) is 0 Å². The zero-order valence-corrected chi connectivity index (χ0v) is 17.9. The molecular formula is C25H26N4O.